The third kappa shape index (κ3) is 4.46. The van der Waals surface area contributed by atoms with Crippen LogP contribution in [0, 0.1) is 5.82 Å². The molecule has 1 atom stereocenters. The second kappa shape index (κ2) is 7.09. The third-order valence-electron chi connectivity index (χ3n) is 3.01. The van der Waals surface area contributed by atoms with Crippen LogP contribution in [0.3, 0.4) is 0 Å². The summed E-state index contributed by atoms with van der Waals surface area (Å²) in [6.07, 6.45) is 0. The number of halogens is 2. The Kier molecular flexibility index (Phi) is 5.17. The van der Waals surface area contributed by atoms with Crippen LogP contribution in [0.5, 0.6) is 0 Å². The van der Waals surface area contributed by atoms with Gasteiger partial charge in [0.2, 0.25) is 5.91 Å². The van der Waals surface area contributed by atoms with Crippen molar-refractivity contribution in [2.75, 3.05) is 5.32 Å². The van der Waals surface area contributed by atoms with E-state index >= 15 is 0 Å². The first-order valence-electron chi connectivity index (χ1n) is 6.59. The predicted molar refractivity (Wildman–Crippen MR) is 82.8 cm³/mol. The van der Waals surface area contributed by atoms with E-state index in [4.69, 9.17) is 11.6 Å². The number of rotatable bonds is 5. The van der Waals surface area contributed by atoms with E-state index in [-0.39, 0.29) is 10.9 Å². The molecule has 0 unspecified atom stereocenters. The van der Waals surface area contributed by atoms with Crippen LogP contribution >= 0.6 is 11.6 Å². The summed E-state index contributed by atoms with van der Waals surface area (Å²) in [5.74, 6) is -0.623. The molecule has 0 bridgehead atoms. The minimum absolute atomic E-state index is 0.0249. The first-order valence-corrected chi connectivity index (χ1v) is 6.97. The number of hydrogen-bond acceptors (Lipinski definition) is 2. The van der Waals surface area contributed by atoms with Gasteiger partial charge >= 0.3 is 0 Å². The maximum Gasteiger partial charge on any atom is 0.242 e. The molecule has 3 nitrogen and oxygen atoms in total. The van der Waals surface area contributed by atoms with Gasteiger partial charge in [-0.3, -0.25) is 4.79 Å². The van der Waals surface area contributed by atoms with Crippen molar-refractivity contribution in [1.82, 2.24) is 5.32 Å². The summed E-state index contributed by atoms with van der Waals surface area (Å²) >= 11 is 5.70. The highest BCUT2D eigenvalue weighted by Crippen LogP contribution is 2.19. The van der Waals surface area contributed by atoms with E-state index in [1.165, 1.54) is 12.1 Å². The van der Waals surface area contributed by atoms with Gasteiger partial charge in [-0.25, -0.2) is 4.39 Å². The summed E-state index contributed by atoms with van der Waals surface area (Å²) in [6, 6.07) is 13.5. The number of nitrogens with one attached hydrogen (secondary N) is 2. The van der Waals surface area contributed by atoms with Crippen LogP contribution in [-0.4, -0.2) is 11.9 Å². The Morgan fingerprint density at radius 1 is 1.24 bits per heavy atom. The van der Waals surface area contributed by atoms with E-state index in [9.17, 15) is 9.18 Å². The van der Waals surface area contributed by atoms with Gasteiger partial charge in [-0.05, 0) is 30.7 Å². The predicted octanol–water partition coefficient (Wildman–Crippen LogP) is 3.60. The quantitative estimate of drug-likeness (QED) is 0.886. The van der Waals surface area contributed by atoms with Crippen LogP contribution in [0.25, 0.3) is 0 Å². The lowest BCUT2D eigenvalue weighted by atomic mass is 10.2. The first kappa shape index (κ1) is 15.3. The minimum Gasteiger partial charge on any atom is -0.374 e. The molecule has 0 aliphatic rings. The normalized spacial score (nSPS) is 11.8. The van der Waals surface area contributed by atoms with Crippen molar-refractivity contribution in [3.05, 3.63) is 64.9 Å². The van der Waals surface area contributed by atoms with E-state index < -0.39 is 11.9 Å². The number of hydrogen-bond donors (Lipinski definition) is 2. The molecular formula is C16H16ClFN2O. The molecule has 0 aromatic heterocycles. The fraction of sp³-hybridized carbons (Fsp3) is 0.188. The average Bonchev–Trinajstić information content (AvgIpc) is 2.49. The van der Waals surface area contributed by atoms with Crippen LogP contribution in [0.2, 0.25) is 5.02 Å². The maximum absolute atomic E-state index is 13.1. The van der Waals surface area contributed by atoms with Crippen molar-refractivity contribution in [3.63, 3.8) is 0 Å². The molecule has 0 aliphatic carbocycles. The molecule has 1 amide bonds. The van der Waals surface area contributed by atoms with Crippen molar-refractivity contribution in [1.29, 1.82) is 0 Å². The zero-order valence-electron chi connectivity index (χ0n) is 11.6. The maximum atomic E-state index is 13.1. The number of anilines is 1. The summed E-state index contributed by atoms with van der Waals surface area (Å²) in [6.45, 7) is 2.20. The van der Waals surface area contributed by atoms with Gasteiger partial charge in [0.25, 0.3) is 0 Å². The molecule has 0 saturated carbocycles. The van der Waals surface area contributed by atoms with Crippen LogP contribution in [-0.2, 0) is 11.3 Å². The zero-order chi connectivity index (χ0) is 15.2. The zero-order valence-corrected chi connectivity index (χ0v) is 12.3. The van der Waals surface area contributed by atoms with Crippen molar-refractivity contribution in [2.24, 2.45) is 0 Å². The van der Waals surface area contributed by atoms with Crippen molar-refractivity contribution in [3.8, 4) is 0 Å². The van der Waals surface area contributed by atoms with Gasteiger partial charge in [-0.15, -0.1) is 0 Å². The molecule has 0 aliphatic heterocycles. The average molecular weight is 307 g/mol. The minimum atomic E-state index is -0.483. The lowest BCUT2D eigenvalue weighted by molar-refractivity contribution is -0.121. The fourth-order valence-corrected chi connectivity index (χ4v) is 2.02. The molecule has 110 valence electrons. The number of amides is 1. The molecule has 21 heavy (non-hydrogen) atoms. The van der Waals surface area contributed by atoms with E-state index in [1.807, 2.05) is 30.3 Å². The summed E-state index contributed by atoms with van der Waals surface area (Å²) in [5, 5.41) is 5.84. The Hall–Kier alpha value is -2.07. The smallest absolute Gasteiger partial charge is 0.242 e. The van der Waals surface area contributed by atoms with Crippen LogP contribution in [0.4, 0.5) is 10.1 Å². The van der Waals surface area contributed by atoms with E-state index in [0.29, 0.717) is 12.2 Å². The van der Waals surface area contributed by atoms with Gasteiger partial charge in [0, 0.05) is 12.2 Å². The monoisotopic (exact) mass is 306 g/mol. The summed E-state index contributed by atoms with van der Waals surface area (Å²) in [5.41, 5.74) is 1.63. The number of carbonyl (C=O) groups excluding carboxylic acids is 1. The van der Waals surface area contributed by atoms with Gasteiger partial charge in [0.05, 0.1) is 5.02 Å². The molecule has 5 heteroatoms. The molecule has 2 aromatic carbocycles. The van der Waals surface area contributed by atoms with E-state index in [1.54, 1.807) is 13.0 Å². The van der Waals surface area contributed by atoms with Gasteiger partial charge in [0.15, 0.2) is 0 Å². The van der Waals surface area contributed by atoms with Crippen molar-refractivity contribution >= 4 is 23.2 Å². The lowest BCUT2D eigenvalue weighted by Crippen LogP contribution is -2.37. The standard InChI is InChI=1S/C16H16ClFN2O/c1-11(20-13-7-8-15(18)14(17)9-13)16(21)19-10-12-5-3-2-4-6-12/h2-9,11,20H,10H2,1H3,(H,19,21)/t11-/m1/s1. The Morgan fingerprint density at radius 2 is 1.95 bits per heavy atom. The van der Waals surface area contributed by atoms with Crippen molar-refractivity contribution in [2.45, 2.75) is 19.5 Å². The van der Waals surface area contributed by atoms with Gasteiger partial charge in [-0.1, -0.05) is 41.9 Å². The molecule has 0 heterocycles. The highest BCUT2D eigenvalue weighted by atomic mass is 35.5. The largest absolute Gasteiger partial charge is 0.374 e. The van der Waals surface area contributed by atoms with Crippen molar-refractivity contribution < 1.29 is 9.18 Å². The lowest BCUT2D eigenvalue weighted by Gasteiger charge is -2.15. The Labute approximate surface area is 128 Å². The van der Waals surface area contributed by atoms with Crippen LogP contribution in [0.15, 0.2) is 48.5 Å². The SMILES string of the molecule is C[C@@H](Nc1ccc(F)c(Cl)c1)C(=O)NCc1ccccc1. The summed E-state index contributed by atoms with van der Waals surface area (Å²) in [4.78, 5) is 12.0. The van der Waals surface area contributed by atoms with E-state index in [0.717, 1.165) is 5.56 Å². The van der Waals surface area contributed by atoms with Gasteiger partial charge in [0.1, 0.15) is 11.9 Å². The molecule has 2 N–H and O–H groups in total. The Morgan fingerprint density at radius 3 is 2.62 bits per heavy atom. The third-order valence-corrected chi connectivity index (χ3v) is 3.30. The highest BCUT2D eigenvalue weighted by Gasteiger charge is 2.12. The molecular weight excluding hydrogens is 291 g/mol. The van der Waals surface area contributed by atoms with Crippen LogP contribution in [0.1, 0.15) is 12.5 Å². The second-order valence-electron chi connectivity index (χ2n) is 4.70. The number of carbonyl (C=O) groups is 1. The van der Waals surface area contributed by atoms with Crippen LogP contribution < -0.4 is 10.6 Å². The molecule has 2 aromatic rings. The Bertz CT molecular complexity index is 619. The topological polar surface area (TPSA) is 41.1 Å². The Balaban J connectivity index is 1.88. The van der Waals surface area contributed by atoms with E-state index in [2.05, 4.69) is 10.6 Å². The molecule has 0 saturated heterocycles. The second-order valence-corrected chi connectivity index (χ2v) is 5.11. The summed E-state index contributed by atoms with van der Waals surface area (Å²) in [7, 11) is 0. The fourth-order valence-electron chi connectivity index (χ4n) is 1.84. The first-order chi connectivity index (χ1) is 10.1. The molecule has 2 rings (SSSR count). The molecule has 0 spiro atoms. The summed E-state index contributed by atoms with van der Waals surface area (Å²) < 4.78 is 13.1. The van der Waals surface area contributed by atoms with Gasteiger partial charge in [-0.2, -0.15) is 0 Å². The molecule has 0 radical (unpaired) electrons. The highest BCUT2D eigenvalue weighted by molar-refractivity contribution is 6.31. The molecule has 0 fully saturated rings. The number of benzene rings is 2. The van der Waals surface area contributed by atoms with Gasteiger partial charge < -0.3 is 10.6 Å².